The molecule has 9 amide bonds. The third-order valence-corrected chi connectivity index (χ3v) is 12.4. The smallest absolute Gasteiger partial charge is 0.327 e. The monoisotopic (exact) mass is 961 g/mol. The molecule has 364 valence electrons. The lowest BCUT2D eigenvalue weighted by Gasteiger charge is -2.35. The van der Waals surface area contributed by atoms with E-state index in [0.29, 0.717) is 57.9 Å². The maximum atomic E-state index is 14.3. The molecule has 22 nitrogen and oxygen atoms in total. The van der Waals surface area contributed by atoms with Gasteiger partial charge < -0.3 is 63.2 Å². The van der Waals surface area contributed by atoms with Gasteiger partial charge in [0, 0.05) is 37.6 Å². The number of nitrogens with two attached hydrogens (primary N) is 2. The van der Waals surface area contributed by atoms with E-state index in [9.17, 15) is 47.9 Å². The molecule has 24 heteroatoms. The van der Waals surface area contributed by atoms with Crippen LogP contribution >= 0.6 is 25.3 Å². The van der Waals surface area contributed by atoms with Gasteiger partial charge in [-0.25, -0.2) is 4.79 Å². The number of amides is 9. The summed E-state index contributed by atoms with van der Waals surface area (Å²) in [5, 5.41) is 23.7. The van der Waals surface area contributed by atoms with Crippen LogP contribution in [0.15, 0.2) is 30.3 Å². The molecule has 0 aliphatic carbocycles. The molecule has 7 atom stereocenters. The average molecular weight is 962 g/mol. The van der Waals surface area contributed by atoms with Crippen LogP contribution in [0.2, 0.25) is 0 Å². The summed E-state index contributed by atoms with van der Waals surface area (Å²) in [5.41, 5.74) is 12.4. The van der Waals surface area contributed by atoms with E-state index in [4.69, 9.17) is 16.6 Å². The summed E-state index contributed by atoms with van der Waals surface area (Å²) in [7, 11) is 0. The van der Waals surface area contributed by atoms with Crippen LogP contribution < -0.4 is 43.4 Å². The van der Waals surface area contributed by atoms with Crippen LogP contribution in [-0.2, 0) is 54.4 Å². The quantitative estimate of drug-likeness (QED) is 0.0353. The zero-order valence-corrected chi connectivity index (χ0v) is 38.6. The Bertz CT molecular complexity index is 1920. The minimum atomic E-state index is -1.30. The van der Waals surface area contributed by atoms with Crippen molar-refractivity contribution in [2.24, 2.45) is 11.5 Å². The standard InChI is InChI=1S/C42H63N11O11S2/c43-15-5-4-11-27(37(58)47-21-34(55)45-20-33(54)46-22-35(56)48-29(24-66)42(63)64)49-38(59)30-12-6-16-51(30)40(61)32-14-8-18-53(32)41(62)31-13-7-17-52(31)39(60)28(50-36(57)26(44)23-65)19-25-9-2-1-3-10-25/h1-3,9-10,26-32,65-66H,4-8,11-24,43-44H2,(H,45,55)(H,46,54)(H,47,58)(H,48,56)(H,49,59)(H,50,57)(H,63,64)/t26-,27-,28-,29-,30-,31-,32-/m0/s1. The highest BCUT2D eigenvalue weighted by Gasteiger charge is 2.46. The predicted molar refractivity (Wildman–Crippen MR) is 245 cm³/mol. The van der Waals surface area contributed by atoms with Gasteiger partial charge in [-0.05, 0) is 69.9 Å². The van der Waals surface area contributed by atoms with Gasteiger partial charge in [0.15, 0.2) is 0 Å². The van der Waals surface area contributed by atoms with Crippen LogP contribution in [0.25, 0.3) is 0 Å². The number of hydrogen-bond donors (Lipinski definition) is 11. The minimum absolute atomic E-state index is 0.0635. The lowest BCUT2D eigenvalue weighted by atomic mass is 10.0. The van der Waals surface area contributed by atoms with Gasteiger partial charge in [-0.15, -0.1) is 0 Å². The van der Waals surface area contributed by atoms with Gasteiger partial charge in [0.1, 0.15) is 36.3 Å². The summed E-state index contributed by atoms with van der Waals surface area (Å²) in [6.07, 6.45) is 3.86. The van der Waals surface area contributed by atoms with E-state index in [1.54, 1.807) is 0 Å². The van der Waals surface area contributed by atoms with Crippen molar-refractivity contribution >= 4 is 84.4 Å². The van der Waals surface area contributed by atoms with Crippen molar-refractivity contribution in [1.29, 1.82) is 0 Å². The Labute approximate surface area is 394 Å². The number of nitrogens with one attached hydrogen (secondary N) is 6. The highest BCUT2D eigenvalue weighted by molar-refractivity contribution is 7.80. The normalized spacial score (nSPS) is 19.8. The lowest BCUT2D eigenvalue weighted by molar-refractivity contribution is -0.151. The fraction of sp³-hybridized carbons (Fsp3) is 0.619. The van der Waals surface area contributed by atoms with Gasteiger partial charge in [-0.2, -0.15) is 25.3 Å². The SMILES string of the molecule is NCCCC[C@H](NC(=O)[C@@H]1CCCN1C(=O)[C@@H]1CCCN1C(=O)[C@@H]1CCCN1C(=O)[C@H](Cc1ccccc1)NC(=O)[C@@H](N)CS)C(=O)NCC(=O)NCC(=O)NCC(=O)N[C@@H](CS)C(=O)O. The second kappa shape index (κ2) is 26.6. The van der Waals surface area contributed by atoms with Crippen molar-refractivity contribution in [2.75, 3.05) is 57.3 Å². The molecule has 4 rings (SSSR count). The predicted octanol–water partition coefficient (Wildman–Crippen LogP) is -3.59. The molecular formula is C42H63N11O11S2. The second-order valence-corrected chi connectivity index (χ2v) is 17.1. The molecule has 0 bridgehead atoms. The molecule has 3 heterocycles. The van der Waals surface area contributed by atoms with E-state index >= 15 is 0 Å². The van der Waals surface area contributed by atoms with Crippen molar-refractivity contribution in [3.63, 3.8) is 0 Å². The molecule has 1 aromatic carbocycles. The van der Waals surface area contributed by atoms with E-state index < -0.39 is 121 Å². The van der Waals surface area contributed by atoms with E-state index in [-0.39, 0.29) is 44.0 Å². The minimum Gasteiger partial charge on any atom is -0.480 e. The van der Waals surface area contributed by atoms with Gasteiger partial charge in [-0.1, -0.05) is 30.3 Å². The van der Waals surface area contributed by atoms with Gasteiger partial charge >= 0.3 is 5.97 Å². The summed E-state index contributed by atoms with van der Waals surface area (Å²) in [5.74, 6) is -6.77. The van der Waals surface area contributed by atoms with Crippen LogP contribution in [0.3, 0.4) is 0 Å². The summed E-state index contributed by atoms with van der Waals surface area (Å²) in [6.45, 7) is -0.563. The Morgan fingerprint density at radius 2 is 1.18 bits per heavy atom. The first-order chi connectivity index (χ1) is 31.6. The first-order valence-corrected chi connectivity index (χ1v) is 23.4. The summed E-state index contributed by atoms with van der Waals surface area (Å²) >= 11 is 7.96. The third kappa shape index (κ3) is 15.3. The molecule has 3 saturated heterocycles. The van der Waals surface area contributed by atoms with E-state index in [0.717, 1.165) is 5.56 Å². The second-order valence-electron chi connectivity index (χ2n) is 16.4. The molecule has 3 aliphatic heterocycles. The molecule has 0 unspecified atom stereocenters. The van der Waals surface area contributed by atoms with Crippen LogP contribution in [0, 0.1) is 0 Å². The Balaban J connectivity index is 1.35. The molecule has 3 fully saturated rings. The highest BCUT2D eigenvalue weighted by Crippen LogP contribution is 2.29. The zero-order chi connectivity index (χ0) is 48.3. The van der Waals surface area contributed by atoms with Crippen LogP contribution in [0.5, 0.6) is 0 Å². The van der Waals surface area contributed by atoms with Crippen molar-refractivity contribution in [3.8, 4) is 0 Å². The van der Waals surface area contributed by atoms with Crippen LogP contribution in [-0.4, -0.2) is 179 Å². The number of unbranched alkanes of at least 4 members (excludes halogenated alkanes) is 1. The number of thiol groups is 2. The number of carboxylic acids is 1. The lowest BCUT2D eigenvalue weighted by Crippen LogP contribution is -2.59. The third-order valence-electron chi connectivity index (χ3n) is 11.6. The number of carboxylic acid groups (broad SMARTS) is 1. The van der Waals surface area contributed by atoms with E-state index in [2.05, 4.69) is 57.2 Å². The topological polar surface area (TPSA) is 325 Å². The Hall–Kier alpha value is -5.46. The zero-order valence-electron chi connectivity index (χ0n) is 36.8. The molecule has 3 aliphatic rings. The van der Waals surface area contributed by atoms with Crippen molar-refractivity contribution < 1.29 is 53.1 Å². The Kier molecular flexibility index (Phi) is 21.4. The fourth-order valence-electron chi connectivity index (χ4n) is 8.11. The Morgan fingerprint density at radius 1 is 0.636 bits per heavy atom. The van der Waals surface area contributed by atoms with Crippen LogP contribution in [0.4, 0.5) is 0 Å². The summed E-state index contributed by atoms with van der Waals surface area (Å²) in [4.78, 5) is 135. The van der Waals surface area contributed by atoms with Gasteiger partial charge in [0.2, 0.25) is 53.2 Å². The van der Waals surface area contributed by atoms with E-state index in [1.165, 1.54) is 14.7 Å². The maximum absolute atomic E-state index is 14.3. The molecule has 0 saturated carbocycles. The Morgan fingerprint density at radius 3 is 1.76 bits per heavy atom. The number of carbonyl (C=O) groups excluding carboxylic acids is 9. The maximum Gasteiger partial charge on any atom is 0.327 e. The molecule has 11 N–H and O–H groups in total. The number of carbonyl (C=O) groups is 10. The molecule has 66 heavy (non-hydrogen) atoms. The number of rotatable bonds is 24. The molecule has 0 radical (unpaired) electrons. The molecular weight excluding hydrogens is 899 g/mol. The average Bonchev–Trinajstić information content (AvgIpc) is 4.12. The first kappa shape index (κ1) is 53.2. The van der Waals surface area contributed by atoms with Gasteiger partial charge in [0.25, 0.3) is 0 Å². The number of benzene rings is 1. The number of nitrogens with zero attached hydrogens (tertiary/aromatic N) is 3. The van der Waals surface area contributed by atoms with Crippen molar-refractivity contribution in [3.05, 3.63) is 35.9 Å². The van der Waals surface area contributed by atoms with Gasteiger partial charge in [0.05, 0.1) is 25.7 Å². The van der Waals surface area contributed by atoms with E-state index in [1.807, 2.05) is 30.3 Å². The molecule has 0 spiro atoms. The number of aliphatic carboxylic acids is 1. The number of likely N-dealkylation sites (tertiary alicyclic amines) is 3. The highest BCUT2D eigenvalue weighted by atomic mass is 32.1. The van der Waals surface area contributed by atoms with Gasteiger partial charge in [-0.3, -0.25) is 43.2 Å². The summed E-state index contributed by atoms with van der Waals surface area (Å²) in [6, 6.07) is 2.10. The first-order valence-electron chi connectivity index (χ1n) is 22.2. The van der Waals surface area contributed by atoms with Crippen LogP contribution in [0.1, 0.15) is 63.4 Å². The molecule has 1 aromatic rings. The van der Waals surface area contributed by atoms with Crippen molar-refractivity contribution in [2.45, 2.75) is 107 Å². The largest absolute Gasteiger partial charge is 0.480 e. The fourth-order valence-corrected chi connectivity index (χ4v) is 8.52. The molecule has 0 aromatic heterocycles. The summed E-state index contributed by atoms with van der Waals surface area (Å²) < 4.78 is 0. The number of hydrogen-bond acceptors (Lipinski definition) is 14. The van der Waals surface area contributed by atoms with Crippen molar-refractivity contribution in [1.82, 2.24) is 46.6 Å².